The number of hydrogen-bond acceptors (Lipinski definition) is 1. The molecule has 1 aliphatic heterocycles. The SMILES string of the molecule is FC(F)(c1cccc(Cl)c1)C1CCCO1. The molecule has 1 heterocycles. The van der Waals surface area contributed by atoms with Gasteiger partial charge in [0.1, 0.15) is 6.10 Å². The maximum Gasteiger partial charge on any atom is 0.298 e. The zero-order chi connectivity index (χ0) is 10.9. The van der Waals surface area contributed by atoms with Crippen molar-refractivity contribution in [2.75, 3.05) is 6.61 Å². The molecule has 1 fully saturated rings. The fourth-order valence-corrected chi connectivity index (χ4v) is 1.94. The van der Waals surface area contributed by atoms with Crippen molar-refractivity contribution >= 4 is 11.6 Å². The van der Waals surface area contributed by atoms with Crippen LogP contribution in [0.3, 0.4) is 0 Å². The van der Waals surface area contributed by atoms with Crippen LogP contribution in [0.1, 0.15) is 18.4 Å². The summed E-state index contributed by atoms with van der Waals surface area (Å²) in [6, 6.07) is 5.79. The van der Waals surface area contributed by atoms with E-state index in [1.54, 1.807) is 6.07 Å². The van der Waals surface area contributed by atoms with Crippen LogP contribution in [0.4, 0.5) is 8.78 Å². The minimum absolute atomic E-state index is 0.0677. The quantitative estimate of drug-likeness (QED) is 0.757. The van der Waals surface area contributed by atoms with Crippen LogP contribution in [0.15, 0.2) is 24.3 Å². The Kier molecular flexibility index (Phi) is 2.94. The molecule has 0 amide bonds. The second-order valence-electron chi connectivity index (χ2n) is 3.63. The third kappa shape index (κ3) is 2.13. The summed E-state index contributed by atoms with van der Waals surface area (Å²) in [5.41, 5.74) is -0.0677. The van der Waals surface area contributed by atoms with Crippen LogP contribution < -0.4 is 0 Å². The van der Waals surface area contributed by atoms with E-state index < -0.39 is 12.0 Å². The number of alkyl halides is 2. The molecule has 1 atom stereocenters. The molecule has 0 aromatic heterocycles. The molecule has 1 aliphatic rings. The summed E-state index contributed by atoms with van der Waals surface area (Å²) in [5.74, 6) is -2.94. The summed E-state index contributed by atoms with van der Waals surface area (Å²) in [6.07, 6.45) is 0.0938. The van der Waals surface area contributed by atoms with E-state index in [0.29, 0.717) is 24.5 Å². The van der Waals surface area contributed by atoms with E-state index in [9.17, 15) is 8.78 Å². The van der Waals surface area contributed by atoms with Crippen molar-refractivity contribution in [3.05, 3.63) is 34.9 Å². The molecule has 1 unspecified atom stereocenters. The molecule has 1 aromatic carbocycles. The van der Waals surface area contributed by atoms with E-state index in [-0.39, 0.29) is 5.56 Å². The first kappa shape index (κ1) is 10.8. The Bertz CT molecular complexity index is 348. The first-order chi connectivity index (χ1) is 7.10. The number of halogens is 3. The molecule has 15 heavy (non-hydrogen) atoms. The van der Waals surface area contributed by atoms with Gasteiger partial charge in [-0.15, -0.1) is 0 Å². The molecule has 0 saturated carbocycles. The molecule has 1 aromatic rings. The van der Waals surface area contributed by atoms with Crippen molar-refractivity contribution < 1.29 is 13.5 Å². The molecule has 1 saturated heterocycles. The summed E-state index contributed by atoms with van der Waals surface area (Å²) in [4.78, 5) is 0. The van der Waals surface area contributed by atoms with Gasteiger partial charge in [0.2, 0.25) is 0 Å². The Hall–Kier alpha value is -0.670. The lowest BCUT2D eigenvalue weighted by molar-refractivity contribution is -0.122. The average molecular weight is 233 g/mol. The molecule has 2 rings (SSSR count). The smallest absolute Gasteiger partial charge is 0.298 e. The first-order valence-electron chi connectivity index (χ1n) is 4.86. The van der Waals surface area contributed by atoms with Gasteiger partial charge in [0.25, 0.3) is 5.92 Å². The number of hydrogen-bond donors (Lipinski definition) is 0. The molecule has 0 radical (unpaired) electrons. The monoisotopic (exact) mass is 232 g/mol. The fraction of sp³-hybridized carbons (Fsp3) is 0.455. The van der Waals surface area contributed by atoms with E-state index in [1.807, 2.05) is 0 Å². The van der Waals surface area contributed by atoms with Crippen molar-refractivity contribution in [1.82, 2.24) is 0 Å². The first-order valence-corrected chi connectivity index (χ1v) is 5.24. The minimum Gasteiger partial charge on any atom is -0.372 e. The van der Waals surface area contributed by atoms with Crippen LogP contribution >= 0.6 is 11.6 Å². The summed E-state index contributed by atoms with van der Waals surface area (Å²) in [6.45, 7) is 0.417. The zero-order valence-corrected chi connectivity index (χ0v) is 8.81. The van der Waals surface area contributed by atoms with Crippen molar-refractivity contribution in [3.8, 4) is 0 Å². The van der Waals surface area contributed by atoms with Gasteiger partial charge in [-0.3, -0.25) is 0 Å². The third-order valence-electron chi connectivity index (χ3n) is 2.54. The van der Waals surface area contributed by atoms with Crippen LogP contribution in [-0.2, 0) is 10.7 Å². The summed E-state index contributed by atoms with van der Waals surface area (Å²) < 4.78 is 32.7. The summed E-state index contributed by atoms with van der Waals surface area (Å²) >= 11 is 5.68. The van der Waals surface area contributed by atoms with Gasteiger partial charge in [-0.1, -0.05) is 23.7 Å². The lowest BCUT2D eigenvalue weighted by Gasteiger charge is -2.22. The third-order valence-corrected chi connectivity index (χ3v) is 2.78. The topological polar surface area (TPSA) is 9.23 Å². The van der Waals surface area contributed by atoms with E-state index in [2.05, 4.69) is 0 Å². The molecule has 1 nitrogen and oxygen atoms in total. The Balaban J connectivity index is 2.27. The van der Waals surface area contributed by atoms with Gasteiger partial charge in [-0.2, -0.15) is 8.78 Å². The van der Waals surface area contributed by atoms with Crippen LogP contribution in [-0.4, -0.2) is 12.7 Å². The molecular formula is C11H11ClF2O. The van der Waals surface area contributed by atoms with Crippen molar-refractivity contribution in [3.63, 3.8) is 0 Å². The van der Waals surface area contributed by atoms with Gasteiger partial charge >= 0.3 is 0 Å². The van der Waals surface area contributed by atoms with Crippen molar-refractivity contribution in [2.24, 2.45) is 0 Å². The maximum absolute atomic E-state index is 13.9. The van der Waals surface area contributed by atoms with E-state index in [4.69, 9.17) is 16.3 Å². The largest absolute Gasteiger partial charge is 0.372 e. The molecule has 0 N–H and O–H groups in total. The van der Waals surface area contributed by atoms with Crippen LogP contribution in [0.25, 0.3) is 0 Å². The predicted molar refractivity (Wildman–Crippen MR) is 54.3 cm³/mol. The highest BCUT2D eigenvalue weighted by Crippen LogP contribution is 2.38. The van der Waals surface area contributed by atoms with E-state index >= 15 is 0 Å². The molecule has 0 aliphatic carbocycles. The summed E-state index contributed by atoms with van der Waals surface area (Å²) in [7, 11) is 0. The van der Waals surface area contributed by atoms with E-state index in [0.717, 1.165) is 0 Å². The Labute approximate surface area is 92.0 Å². The second-order valence-corrected chi connectivity index (χ2v) is 4.07. The lowest BCUT2D eigenvalue weighted by Crippen LogP contribution is -2.30. The van der Waals surface area contributed by atoms with Crippen molar-refractivity contribution in [2.45, 2.75) is 24.9 Å². The standard InChI is InChI=1S/C11H11ClF2O/c12-9-4-1-3-8(7-9)11(13,14)10-5-2-6-15-10/h1,3-4,7,10H,2,5-6H2. The summed E-state index contributed by atoms with van der Waals surface area (Å²) in [5, 5.41) is 0.324. The molecular weight excluding hydrogens is 222 g/mol. The average Bonchev–Trinajstić information content (AvgIpc) is 2.71. The van der Waals surface area contributed by atoms with E-state index in [1.165, 1.54) is 18.2 Å². The minimum atomic E-state index is -2.94. The van der Waals surface area contributed by atoms with Gasteiger partial charge in [0.15, 0.2) is 0 Å². The van der Waals surface area contributed by atoms with Crippen LogP contribution in [0.2, 0.25) is 5.02 Å². The highest BCUT2D eigenvalue weighted by molar-refractivity contribution is 6.30. The Morgan fingerprint density at radius 1 is 1.40 bits per heavy atom. The van der Waals surface area contributed by atoms with Gasteiger partial charge in [0.05, 0.1) is 0 Å². The molecule has 0 spiro atoms. The van der Waals surface area contributed by atoms with Crippen LogP contribution in [0.5, 0.6) is 0 Å². The molecule has 82 valence electrons. The Morgan fingerprint density at radius 3 is 2.80 bits per heavy atom. The fourth-order valence-electron chi connectivity index (χ4n) is 1.75. The molecule has 4 heteroatoms. The van der Waals surface area contributed by atoms with Crippen molar-refractivity contribution in [1.29, 1.82) is 0 Å². The van der Waals surface area contributed by atoms with Gasteiger partial charge in [0, 0.05) is 17.2 Å². The van der Waals surface area contributed by atoms with Crippen LogP contribution in [0, 0.1) is 0 Å². The zero-order valence-electron chi connectivity index (χ0n) is 8.05. The second kappa shape index (κ2) is 4.06. The highest BCUT2D eigenvalue weighted by atomic mass is 35.5. The van der Waals surface area contributed by atoms with Gasteiger partial charge < -0.3 is 4.74 Å². The number of rotatable bonds is 2. The lowest BCUT2D eigenvalue weighted by atomic mass is 10.0. The Morgan fingerprint density at radius 2 is 2.20 bits per heavy atom. The highest BCUT2D eigenvalue weighted by Gasteiger charge is 2.43. The molecule has 0 bridgehead atoms. The number of ether oxygens (including phenoxy) is 1. The normalized spacial score (nSPS) is 21.9. The number of benzene rings is 1. The van der Waals surface area contributed by atoms with Gasteiger partial charge in [-0.25, -0.2) is 0 Å². The predicted octanol–water partition coefficient (Wildman–Crippen LogP) is 3.61. The van der Waals surface area contributed by atoms with Gasteiger partial charge in [-0.05, 0) is 25.0 Å². The maximum atomic E-state index is 13.9.